The maximum absolute atomic E-state index is 13.2. The van der Waals surface area contributed by atoms with Gasteiger partial charge in [0.05, 0.1) is 18.6 Å². The second-order valence-electron chi connectivity index (χ2n) is 7.78. The van der Waals surface area contributed by atoms with Crippen LogP contribution in [0.5, 0.6) is 5.75 Å². The molecule has 0 spiro atoms. The molecular formula is C24H32BrN3O5S. The van der Waals surface area contributed by atoms with Crippen molar-refractivity contribution in [3.05, 3.63) is 58.6 Å². The number of rotatable bonds is 12. The zero-order chi connectivity index (χ0) is 25.3. The van der Waals surface area contributed by atoms with Gasteiger partial charge in [-0.1, -0.05) is 40.2 Å². The number of nitrogens with one attached hydrogen (secondary N) is 1. The van der Waals surface area contributed by atoms with Crippen LogP contribution in [0.2, 0.25) is 0 Å². The van der Waals surface area contributed by atoms with Crippen molar-refractivity contribution in [1.82, 2.24) is 10.2 Å². The lowest BCUT2D eigenvalue weighted by molar-refractivity contribution is -0.140. The van der Waals surface area contributed by atoms with Crippen molar-refractivity contribution in [2.24, 2.45) is 0 Å². The van der Waals surface area contributed by atoms with Crippen LogP contribution in [-0.2, 0) is 26.2 Å². The summed E-state index contributed by atoms with van der Waals surface area (Å²) in [6.45, 7) is 4.28. The summed E-state index contributed by atoms with van der Waals surface area (Å²) in [6.07, 6.45) is 1.50. The zero-order valence-corrected chi connectivity index (χ0v) is 22.4. The topological polar surface area (TPSA) is 96.0 Å². The lowest BCUT2D eigenvalue weighted by Crippen LogP contribution is -2.46. The molecule has 0 fully saturated rings. The number of likely N-dealkylation sites (N-methyl/N-ethyl adjacent to an activating group) is 1. The van der Waals surface area contributed by atoms with Crippen LogP contribution in [0.4, 0.5) is 5.69 Å². The van der Waals surface area contributed by atoms with E-state index in [1.165, 1.54) is 16.3 Å². The molecule has 0 heterocycles. The largest absolute Gasteiger partial charge is 0.492 e. The first-order chi connectivity index (χ1) is 16.1. The third-order valence-corrected chi connectivity index (χ3v) is 6.97. The Kier molecular flexibility index (Phi) is 10.4. The number of amides is 2. The van der Waals surface area contributed by atoms with Gasteiger partial charge in [-0.05, 0) is 50.1 Å². The van der Waals surface area contributed by atoms with Gasteiger partial charge in [-0.25, -0.2) is 8.42 Å². The molecule has 0 saturated heterocycles. The maximum Gasteiger partial charge on any atom is 0.242 e. The Bertz CT molecular complexity index is 1080. The van der Waals surface area contributed by atoms with E-state index < -0.39 is 16.1 Å². The number of carbonyl (C=O) groups excluding carboxylic acids is 2. The van der Waals surface area contributed by atoms with E-state index in [1.807, 2.05) is 31.2 Å². The molecule has 2 aromatic carbocycles. The van der Waals surface area contributed by atoms with E-state index in [1.54, 1.807) is 31.2 Å². The quantitative estimate of drug-likeness (QED) is 0.433. The first-order valence-electron chi connectivity index (χ1n) is 11.0. The first kappa shape index (κ1) is 27.7. The molecule has 186 valence electrons. The van der Waals surface area contributed by atoms with Crippen LogP contribution in [0, 0.1) is 0 Å². The molecule has 2 rings (SSSR count). The van der Waals surface area contributed by atoms with E-state index in [9.17, 15) is 18.0 Å². The number of benzene rings is 2. The molecule has 0 radical (unpaired) electrons. The van der Waals surface area contributed by atoms with E-state index in [-0.39, 0.29) is 37.7 Å². The van der Waals surface area contributed by atoms with Crippen LogP contribution in [0.1, 0.15) is 32.3 Å². The third-order valence-electron chi connectivity index (χ3n) is 5.27. The number of ether oxygens (including phenoxy) is 1. The standard InChI is InChI=1S/C24H32BrN3O5S/c1-5-33-22-10-7-6-9-21(22)28(34(4,31)32)16-8-11-23(29)27(18(2)24(30)26-3)17-19-12-14-20(25)15-13-19/h6-7,9-10,12-15,18H,5,8,11,16-17H2,1-4H3,(H,26,30)/t18-/m1/s1. The van der Waals surface area contributed by atoms with Gasteiger partial charge < -0.3 is 15.0 Å². The minimum absolute atomic E-state index is 0.0840. The molecule has 0 aliphatic rings. The highest BCUT2D eigenvalue weighted by atomic mass is 79.9. The van der Waals surface area contributed by atoms with Crippen molar-refractivity contribution in [2.45, 2.75) is 39.3 Å². The number of nitrogens with zero attached hydrogens (tertiary/aromatic N) is 2. The normalized spacial score (nSPS) is 12.0. The number of para-hydroxylation sites is 2. The SMILES string of the molecule is CCOc1ccccc1N(CCCC(=O)N(Cc1ccc(Br)cc1)[C@H](C)C(=O)NC)S(C)(=O)=O. The number of carbonyl (C=O) groups is 2. The molecule has 1 N–H and O–H groups in total. The number of hydrogen-bond donors (Lipinski definition) is 1. The van der Waals surface area contributed by atoms with Gasteiger partial charge in [-0.3, -0.25) is 13.9 Å². The number of hydrogen-bond acceptors (Lipinski definition) is 5. The molecule has 0 bridgehead atoms. The van der Waals surface area contributed by atoms with E-state index in [2.05, 4.69) is 21.2 Å². The van der Waals surface area contributed by atoms with Gasteiger partial charge in [-0.15, -0.1) is 0 Å². The zero-order valence-electron chi connectivity index (χ0n) is 20.0. The van der Waals surface area contributed by atoms with Crippen LogP contribution < -0.4 is 14.4 Å². The van der Waals surface area contributed by atoms with E-state index >= 15 is 0 Å². The Morgan fingerprint density at radius 1 is 1.12 bits per heavy atom. The number of sulfonamides is 1. The van der Waals surface area contributed by atoms with Gasteiger partial charge in [-0.2, -0.15) is 0 Å². The highest BCUT2D eigenvalue weighted by Crippen LogP contribution is 2.30. The summed E-state index contributed by atoms with van der Waals surface area (Å²) in [5.74, 6) is -0.0358. The molecule has 0 aromatic heterocycles. The summed E-state index contributed by atoms with van der Waals surface area (Å²) >= 11 is 3.39. The van der Waals surface area contributed by atoms with Crippen LogP contribution in [0.25, 0.3) is 0 Å². The van der Waals surface area contributed by atoms with Crippen molar-refractivity contribution < 1.29 is 22.7 Å². The molecule has 0 aliphatic heterocycles. The van der Waals surface area contributed by atoms with Crippen LogP contribution in [0.15, 0.2) is 53.0 Å². The van der Waals surface area contributed by atoms with Crippen LogP contribution >= 0.6 is 15.9 Å². The molecule has 0 saturated carbocycles. The van der Waals surface area contributed by atoms with Crippen molar-refractivity contribution in [1.29, 1.82) is 0 Å². The van der Waals surface area contributed by atoms with Crippen molar-refractivity contribution >= 4 is 43.5 Å². The minimum Gasteiger partial charge on any atom is -0.492 e. The summed E-state index contributed by atoms with van der Waals surface area (Å²) in [5.41, 5.74) is 1.32. The number of halogens is 1. The van der Waals surface area contributed by atoms with Gasteiger partial charge in [0.25, 0.3) is 0 Å². The summed E-state index contributed by atoms with van der Waals surface area (Å²) in [4.78, 5) is 27.0. The predicted octanol–water partition coefficient (Wildman–Crippen LogP) is 3.56. The second-order valence-corrected chi connectivity index (χ2v) is 10.6. The average molecular weight is 555 g/mol. The van der Waals surface area contributed by atoms with Crippen molar-refractivity contribution in [2.75, 3.05) is 30.8 Å². The van der Waals surface area contributed by atoms with E-state index in [0.29, 0.717) is 18.0 Å². The smallest absolute Gasteiger partial charge is 0.242 e. The van der Waals surface area contributed by atoms with Gasteiger partial charge in [0.1, 0.15) is 11.8 Å². The number of anilines is 1. The van der Waals surface area contributed by atoms with Crippen molar-refractivity contribution in [3.63, 3.8) is 0 Å². The summed E-state index contributed by atoms with van der Waals surface area (Å²) < 4.78 is 32.8. The predicted molar refractivity (Wildman–Crippen MR) is 137 cm³/mol. The van der Waals surface area contributed by atoms with Gasteiger partial charge in [0, 0.05) is 31.0 Å². The molecular weight excluding hydrogens is 522 g/mol. The Morgan fingerprint density at radius 3 is 2.35 bits per heavy atom. The van der Waals surface area contributed by atoms with Gasteiger partial charge >= 0.3 is 0 Å². The third kappa shape index (κ3) is 7.73. The molecule has 1 atom stereocenters. The van der Waals surface area contributed by atoms with Crippen LogP contribution in [0.3, 0.4) is 0 Å². The molecule has 2 amide bonds. The molecule has 0 aliphatic carbocycles. The Morgan fingerprint density at radius 2 is 1.76 bits per heavy atom. The highest BCUT2D eigenvalue weighted by molar-refractivity contribution is 9.10. The lowest BCUT2D eigenvalue weighted by Gasteiger charge is -2.29. The average Bonchev–Trinajstić information content (AvgIpc) is 2.80. The summed E-state index contributed by atoms with van der Waals surface area (Å²) in [7, 11) is -2.07. The molecule has 2 aromatic rings. The maximum atomic E-state index is 13.2. The van der Waals surface area contributed by atoms with Gasteiger partial charge in [0.2, 0.25) is 21.8 Å². The lowest BCUT2D eigenvalue weighted by atomic mass is 10.1. The Balaban J connectivity index is 2.17. The van der Waals surface area contributed by atoms with Gasteiger partial charge in [0.15, 0.2) is 0 Å². The fourth-order valence-corrected chi connectivity index (χ4v) is 4.73. The molecule has 10 heteroatoms. The second kappa shape index (κ2) is 12.8. The van der Waals surface area contributed by atoms with E-state index in [0.717, 1.165) is 16.3 Å². The fourth-order valence-electron chi connectivity index (χ4n) is 3.50. The monoisotopic (exact) mass is 553 g/mol. The Labute approximate surface area is 210 Å². The van der Waals surface area contributed by atoms with E-state index in [4.69, 9.17) is 4.74 Å². The highest BCUT2D eigenvalue weighted by Gasteiger charge is 2.26. The minimum atomic E-state index is -3.60. The molecule has 8 nitrogen and oxygen atoms in total. The Hall–Kier alpha value is -2.59. The molecule has 34 heavy (non-hydrogen) atoms. The first-order valence-corrected chi connectivity index (χ1v) is 13.7. The van der Waals surface area contributed by atoms with Crippen molar-refractivity contribution in [3.8, 4) is 5.75 Å². The van der Waals surface area contributed by atoms with Crippen LogP contribution in [-0.4, -0.2) is 57.6 Å². The summed E-state index contributed by atoms with van der Waals surface area (Å²) in [6, 6.07) is 13.8. The fraction of sp³-hybridized carbons (Fsp3) is 0.417. The molecule has 0 unspecified atom stereocenters. The summed E-state index contributed by atoms with van der Waals surface area (Å²) in [5, 5.41) is 2.59.